The molecule has 1 aromatic carbocycles. The van der Waals surface area contributed by atoms with E-state index in [2.05, 4.69) is 10.2 Å². The van der Waals surface area contributed by atoms with Gasteiger partial charge in [-0.1, -0.05) is 23.2 Å². The van der Waals surface area contributed by atoms with Crippen molar-refractivity contribution in [3.8, 4) is 17.2 Å². The highest BCUT2D eigenvalue weighted by Gasteiger charge is 2.14. The molecule has 102 valence electrons. The summed E-state index contributed by atoms with van der Waals surface area (Å²) in [5.74, 6) is 0.645. The molecular formula is C13H9Cl2N4S-. The first-order valence-electron chi connectivity index (χ1n) is 5.77. The number of rotatable bonds is 2. The van der Waals surface area contributed by atoms with Gasteiger partial charge in [-0.3, -0.25) is 4.57 Å². The topological polar surface area (TPSA) is 35.6 Å². The van der Waals surface area contributed by atoms with Crippen LogP contribution in [0.25, 0.3) is 17.2 Å². The third kappa shape index (κ3) is 2.18. The molecule has 0 aliphatic heterocycles. The number of aromatic nitrogens is 4. The average molecular weight is 324 g/mol. The van der Waals surface area contributed by atoms with Gasteiger partial charge in [0.2, 0.25) is 0 Å². The molecule has 0 atom stereocenters. The lowest BCUT2D eigenvalue weighted by Gasteiger charge is -2.15. The summed E-state index contributed by atoms with van der Waals surface area (Å²) in [6.07, 6.45) is 1.93. The second kappa shape index (κ2) is 5.09. The Bertz CT molecular complexity index is 779. The van der Waals surface area contributed by atoms with Gasteiger partial charge in [-0.15, -0.1) is 5.10 Å². The van der Waals surface area contributed by atoms with E-state index >= 15 is 0 Å². The predicted molar refractivity (Wildman–Crippen MR) is 81.4 cm³/mol. The van der Waals surface area contributed by atoms with Crippen molar-refractivity contribution < 1.29 is 0 Å². The Hall–Kier alpha value is -1.56. The van der Waals surface area contributed by atoms with Gasteiger partial charge in [-0.25, -0.2) is 0 Å². The Labute approximate surface area is 131 Å². The van der Waals surface area contributed by atoms with E-state index in [1.54, 1.807) is 22.8 Å². The maximum atomic E-state index is 6.25. The zero-order valence-electron chi connectivity index (χ0n) is 10.4. The number of halogens is 2. The standard InChI is InChI=1S/C13H10Cl2N4S/c1-18-6-2-3-11(18)12-16-17-13(20)19(12)10-5-4-8(14)7-9(10)15/h2-7H,1H3,(H,17,20)/p-1. The van der Waals surface area contributed by atoms with E-state index in [0.717, 1.165) is 5.69 Å². The maximum absolute atomic E-state index is 6.25. The Morgan fingerprint density at radius 1 is 1.15 bits per heavy atom. The summed E-state index contributed by atoms with van der Waals surface area (Å²) in [5.41, 5.74) is 1.61. The molecule has 0 saturated carbocycles. The summed E-state index contributed by atoms with van der Waals surface area (Å²) in [4.78, 5) is 0. The molecule has 2 aromatic heterocycles. The quantitative estimate of drug-likeness (QED) is 0.677. The monoisotopic (exact) mass is 323 g/mol. The van der Waals surface area contributed by atoms with Crippen LogP contribution in [0.3, 0.4) is 0 Å². The molecular weight excluding hydrogens is 315 g/mol. The van der Waals surface area contributed by atoms with Crippen LogP contribution in [0.4, 0.5) is 0 Å². The summed E-state index contributed by atoms with van der Waals surface area (Å²) >= 11 is 17.4. The molecule has 0 radical (unpaired) electrons. The molecule has 3 rings (SSSR count). The molecule has 0 unspecified atom stereocenters. The average Bonchev–Trinajstić information content (AvgIpc) is 2.96. The van der Waals surface area contributed by atoms with Gasteiger partial charge in [0, 0.05) is 23.4 Å². The van der Waals surface area contributed by atoms with Crippen LogP contribution in [-0.4, -0.2) is 19.3 Å². The van der Waals surface area contributed by atoms with Crippen molar-refractivity contribution in [3.05, 3.63) is 46.6 Å². The lowest BCUT2D eigenvalue weighted by molar-refractivity contribution is 0.877. The van der Waals surface area contributed by atoms with Crippen molar-refractivity contribution in [2.24, 2.45) is 7.05 Å². The Balaban J connectivity index is 2.24. The van der Waals surface area contributed by atoms with Crippen LogP contribution in [0.1, 0.15) is 0 Å². The highest BCUT2D eigenvalue weighted by Crippen LogP contribution is 2.29. The fourth-order valence-electron chi connectivity index (χ4n) is 2.01. The van der Waals surface area contributed by atoms with Crippen LogP contribution >= 0.6 is 23.2 Å². The summed E-state index contributed by atoms with van der Waals surface area (Å²) < 4.78 is 3.68. The van der Waals surface area contributed by atoms with Gasteiger partial charge in [0.1, 0.15) is 0 Å². The van der Waals surface area contributed by atoms with Crippen LogP contribution in [-0.2, 0) is 19.7 Å². The molecule has 0 bridgehead atoms. The Kier molecular flexibility index (Phi) is 3.41. The van der Waals surface area contributed by atoms with Gasteiger partial charge in [0.15, 0.2) is 5.82 Å². The van der Waals surface area contributed by atoms with Crippen LogP contribution in [0.5, 0.6) is 0 Å². The van der Waals surface area contributed by atoms with Gasteiger partial charge < -0.3 is 17.2 Å². The van der Waals surface area contributed by atoms with E-state index < -0.39 is 0 Å². The normalized spacial score (nSPS) is 10.9. The number of benzene rings is 1. The van der Waals surface area contributed by atoms with Gasteiger partial charge in [-0.2, -0.15) is 5.10 Å². The first-order chi connectivity index (χ1) is 9.58. The van der Waals surface area contributed by atoms with Crippen molar-refractivity contribution in [1.29, 1.82) is 0 Å². The SMILES string of the molecule is Cn1cccc1-c1nnc([S-])n1-c1ccc(Cl)cc1Cl. The van der Waals surface area contributed by atoms with Crippen LogP contribution < -0.4 is 0 Å². The smallest absolute Gasteiger partial charge is 0.183 e. The molecule has 0 spiro atoms. The van der Waals surface area contributed by atoms with E-state index in [1.165, 1.54) is 0 Å². The van der Waals surface area contributed by atoms with Crippen molar-refractivity contribution >= 4 is 35.8 Å². The molecule has 0 amide bonds. The fraction of sp³-hybridized carbons (Fsp3) is 0.0769. The molecule has 0 aliphatic carbocycles. The highest BCUT2D eigenvalue weighted by atomic mass is 35.5. The van der Waals surface area contributed by atoms with Gasteiger partial charge in [0.25, 0.3) is 0 Å². The first-order valence-corrected chi connectivity index (χ1v) is 6.94. The lowest BCUT2D eigenvalue weighted by Crippen LogP contribution is -2.02. The van der Waals surface area contributed by atoms with Crippen LogP contribution in [0.2, 0.25) is 10.0 Å². The minimum Gasteiger partial charge on any atom is -0.740 e. The van der Waals surface area contributed by atoms with Crippen LogP contribution in [0, 0.1) is 0 Å². The Morgan fingerprint density at radius 3 is 2.60 bits per heavy atom. The molecule has 0 aliphatic rings. The van der Waals surface area contributed by atoms with E-state index in [4.69, 9.17) is 35.8 Å². The van der Waals surface area contributed by atoms with E-state index in [0.29, 0.717) is 26.7 Å². The summed E-state index contributed by atoms with van der Waals surface area (Å²) in [6, 6.07) is 9.10. The Morgan fingerprint density at radius 2 is 1.95 bits per heavy atom. The van der Waals surface area contributed by atoms with E-state index in [-0.39, 0.29) is 0 Å². The third-order valence-corrected chi connectivity index (χ3v) is 3.76. The van der Waals surface area contributed by atoms with Gasteiger partial charge in [0.05, 0.1) is 16.4 Å². The first kappa shape index (κ1) is 13.4. The molecule has 20 heavy (non-hydrogen) atoms. The highest BCUT2D eigenvalue weighted by molar-refractivity contribution is 7.58. The second-order valence-electron chi connectivity index (χ2n) is 4.24. The molecule has 0 N–H and O–H groups in total. The predicted octanol–water partition coefficient (Wildman–Crippen LogP) is 3.49. The second-order valence-corrected chi connectivity index (χ2v) is 5.45. The van der Waals surface area contributed by atoms with Gasteiger partial charge in [-0.05, 0) is 30.3 Å². The zero-order chi connectivity index (χ0) is 14.3. The summed E-state index contributed by atoms with van der Waals surface area (Å²) in [6.45, 7) is 0. The number of hydrogen-bond donors (Lipinski definition) is 0. The molecule has 7 heteroatoms. The zero-order valence-corrected chi connectivity index (χ0v) is 12.7. The van der Waals surface area contributed by atoms with E-state index in [9.17, 15) is 0 Å². The molecule has 3 aromatic rings. The van der Waals surface area contributed by atoms with Gasteiger partial charge >= 0.3 is 0 Å². The fourth-order valence-corrected chi connectivity index (χ4v) is 2.73. The van der Waals surface area contributed by atoms with Crippen LogP contribution in [0.15, 0.2) is 41.7 Å². The molecule has 0 saturated heterocycles. The molecule has 2 heterocycles. The van der Waals surface area contributed by atoms with Crippen molar-refractivity contribution in [2.45, 2.75) is 5.16 Å². The summed E-state index contributed by atoms with van der Waals surface area (Å²) in [5, 5.41) is 9.55. The third-order valence-electron chi connectivity index (χ3n) is 2.96. The van der Waals surface area contributed by atoms with Crippen molar-refractivity contribution in [2.75, 3.05) is 0 Å². The number of hydrogen-bond acceptors (Lipinski definition) is 3. The lowest BCUT2D eigenvalue weighted by atomic mass is 10.3. The maximum Gasteiger partial charge on any atom is 0.183 e. The molecule has 4 nitrogen and oxygen atoms in total. The largest absolute Gasteiger partial charge is 0.740 e. The van der Waals surface area contributed by atoms with Crippen molar-refractivity contribution in [3.63, 3.8) is 0 Å². The van der Waals surface area contributed by atoms with E-state index in [1.807, 2.05) is 29.9 Å². The van der Waals surface area contributed by atoms with Crippen molar-refractivity contribution in [1.82, 2.24) is 19.3 Å². The minimum atomic E-state index is 0.352. The number of nitrogens with zero attached hydrogens (tertiary/aromatic N) is 4. The number of aryl methyl sites for hydroxylation is 1. The minimum absolute atomic E-state index is 0.352. The molecule has 0 fully saturated rings. The summed E-state index contributed by atoms with van der Waals surface area (Å²) in [7, 11) is 1.93.